The number of hydrogen-bond acceptors (Lipinski definition) is 6. The van der Waals surface area contributed by atoms with E-state index in [1.165, 1.54) is 22.2 Å². The maximum atomic E-state index is 12.1. The Balaban J connectivity index is 2.39. The van der Waals surface area contributed by atoms with Crippen molar-refractivity contribution in [3.63, 3.8) is 0 Å². The van der Waals surface area contributed by atoms with Crippen molar-refractivity contribution in [2.24, 2.45) is 7.05 Å². The summed E-state index contributed by atoms with van der Waals surface area (Å²) >= 11 is 1.28. The Labute approximate surface area is 109 Å². The highest BCUT2D eigenvalue weighted by molar-refractivity contribution is 7.93. The number of aromatic nitrogens is 3. The molecule has 98 valence electrons. The van der Waals surface area contributed by atoms with Crippen molar-refractivity contribution in [3.05, 3.63) is 16.9 Å². The summed E-state index contributed by atoms with van der Waals surface area (Å²) in [4.78, 5) is 8.84. The molecule has 2 rings (SSSR count). The van der Waals surface area contributed by atoms with Gasteiger partial charge in [-0.25, -0.2) is 9.97 Å². The second-order valence-electron chi connectivity index (χ2n) is 3.81. The van der Waals surface area contributed by atoms with E-state index in [0.29, 0.717) is 5.13 Å². The lowest BCUT2D eigenvalue weighted by Crippen LogP contribution is -2.17. The third-order valence-corrected chi connectivity index (χ3v) is 5.00. The maximum Gasteiger partial charge on any atom is 0.283 e. The van der Waals surface area contributed by atoms with Gasteiger partial charge in [0.2, 0.25) is 0 Å². The topological polar surface area (TPSA) is 103 Å². The van der Waals surface area contributed by atoms with Crippen molar-refractivity contribution in [1.82, 2.24) is 14.5 Å². The standard InChI is InChI=1S/C9H13N5O2S2/c1-5-6(2)17-9(12-5)13-18(15,16)8-7(10)11-4-14(8)3/h4H,10H2,1-3H3,(H,12,13). The Bertz CT molecular complexity index is 647. The van der Waals surface area contributed by atoms with Gasteiger partial charge in [-0.2, -0.15) is 8.42 Å². The molecule has 0 spiro atoms. The van der Waals surface area contributed by atoms with Crippen LogP contribution in [-0.4, -0.2) is 23.0 Å². The molecule has 0 bridgehead atoms. The predicted molar refractivity (Wildman–Crippen MR) is 70.0 cm³/mol. The van der Waals surface area contributed by atoms with Gasteiger partial charge in [-0.05, 0) is 13.8 Å². The molecular weight excluding hydrogens is 274 g/mol. The molecule has 0 unspecified atom stereocenters. The number of imidazole rings is 1. The zero-order chi connectivity index (χ0) is 13.5. The second kappa shape index (κ2) is 4.25. The summed E-state index contributed by atoms with van der Waals surface area (Å²) in [5.41, 5.74) is 6.35. The second-order valence-corrected chi connectivity index (χ2v) is 6.61. The van der Waals surface area contributed by atoms with Crippen molar-refractivity contribution in [2.45, 2.75) is 18.9 Å². The Morgan fingerprint density at radius 1 is 1.44 bits per heavy atom. The first-order valence-corrected chi connectivity index (χ1v) is 7.35. The number of rotatable bonds is 3. The molecule has 0 fully saturated rings. The molecule has 0 aliphatic carbocycles. The number of hydrogen-bond donors (Lipinski definition) is 2. The Morgan fingerprint density at radius 2 is 2.11 bits per heavy atom. The van der Waals surface area contributed by atoms with Crippen LogP contribution in [0.2, 0.25) is 0 Å². The molecule has 0 amide bonds. The minimum Gasteiger partial charge on any atom is -0.381 e. The van der Waals surface area contributed by atoms with Gasteiger partial charge in [-0.1, -0.05) is 0 Å². The average Bonchev–Trinajstić information content (AvgIpc) is 2.71. The van der Waals surface area contributed by atoms with Gasteiger partial charge in [0.1, 0.15) is 0 Å². The molecule has 0 radical (unpaired) electrons. The molecule has 3 N–H and O–H groups in total. The minimum absolute atomic E-state index is 0.0324. The number of nitrogens with one attached hydrogen (secondary N) is 1. The van der Waals surface area contributed by atoms with Crippen molar-refractivity contribution < 1.29 is 8.42 Å². The molecule has 0 aliphatic rings. The van der Waals surface area contributed by atoms with Crippen molar-refractivity contribution in [1.29, 1.82) is 0 Å². The third-order valence-electron chi connectivity index (χ3n) is 2.41. The van der Waals surface area contributed by atoms with Gasteiger partial charge in [0.15, 0.2) is 16.0 Å². The summed E-state index contributed by atoms with van der Waals surface area (Å²) in [5.74, 6) is -0.0324. The fourth-order valence-corrected chi connectivity index (χ4v) is 3.73. The molecule has 0 atom stereocenters. The van der Waals surface area contributed by atoms with Crippen LogP contribution in [0.15, 0.2) is 11.4 Å². The smallest absolute Gasteiger partial charge is 0.283 e. The van der Waals surface area contributed by atoms with Crippen molar-refractivity contribution in [2.75, 3.05) is 10.5 Å². The van der Waals surface area contributed by atoms with Gasteiger partial charge in [0.05, 0.1) is 12.0 Å². The quantitative estimate of drug-likeness (QED) is 0.872. The predicted octanol–water partition coefficient (Wildman–Crippen LogP) is 0.876. The summed E-state index contributed by atoms with van der Waals surface area (Å²) in [7, 11) is -2.20. The van der Waals surface area contributed by atoms with E-state index in [1.54, 1.807) is 7.05 Å². The highest BCUT2D eigenvalue weighted by Gasteiger charge is 2.23. The van der Waals surface area contributed by atoms with Gasteiger partial charge in [-0.15, -0.1) is 11.3 Å². The van der Waals surface area contributed by atoms with Crippen LogP contribution in [0, 0.1) is 13.8 Å². The van der Waals surface area contributed by atoms with Gasteiger partial charge in [0.25, 0.3) is 10.0 Å². The van der Waals surface area contributed by atoms with E-state index < -0.39 is 10.0 Å². The zero-order valence-electron chi connectivity index (χ0n) is 10.1. The van der Waals surface area contributed by atoms with Crippen molar-refractivity contribution >= 4 is 32.3 Å². The van der Waals surface area contributed by atoms with Crippen LogP contribution in [0.1, 0.15) is 10.6 Å². The molecule has 0 aliphatic heterocycles. The van der Waals surface area contributed by atoms with E-state index in [1.807, 2.05) is 13.8 Å². The van der Waals surface area contributed by atoms with Crippen LogP contribution >= 0.6 is 11.3 Å². The van der Waals surface area contributed by atoms with E-state index in [0.717, 1.165) is 10.6 Å². The summed E-state index contributed by atoms with van der Waals surface area (Å²) in [6.07, 6.45) is 1.35. The molecule has 7 nitrogen and oxygen atoms in total. The van der Waals surface area contributed by atoms with Crippen LogP contribution in [-0.2, 0) is 17.1 Å². The Morgan fingerprint density at radius 3 is 2.56 bits per heavy atom. The first-order valence-electron chi connectivity index (χ1n) is 5.05. The monoisotopic (exact) mass is 287 g/mol. The minimum atomic E-state index is -3.76. The number of sulfonamides is 1. The summed E-state index contributed by atoms with van der Waals surface area (Å²) < 4.78 is 28.0. The summed E-state index contributed by atoms with van der Waals surface area (Å²) in [5, 5.41) is 0.263. The van der Waals surface area contributed by atoms with E-state index in [4.69, 9.17) is 5.73 Å². The van der Waals surface area contributed by atoms with Crippen LogP contribution in [0.4, 0.5) is 10.9 Å². The summed E-state index contributed by atoms with van der Waals surface area (Å²) in [6.45, 7) is 3.70. The number of anilines is 2. The maximum absolute atomic E-state index is 12.1. The third kappa shape index (κ3) is 2.18. The van der Waals surface area contributed by atoms with E-state index in [2.05, 4.69) is 14.7 Å². The molecular formula is C9H13N5O2S2. The first kappa shape index (κ1) is 12.8. The number of aryl methyl sites for hydroxylation is 3. The fourth-order valence-electron chi connectivity index (χ4n) is 1.44. The highest BCUT2D eigenvalue weighted by Crippen LogP contribution is 2.25. The van der Waals surface area contributed by atoms with E-state index in [-0.39, 0.29) is 10.8 Å². The number of nitrogens with two attached hydrogens (primary N) is 1. The van der Waals surface area contributed by atoms with E-state index in [9.17, 15) is 8.42 Å². The Hall–Kier alpha value is -1.61. The van der Waals surface area contributed by atoms with Crippen LogP contribution in [0.3, 0.4) is 0 Å². The molecule has 2 aromatic rings. The van der Waals surface area contributed by atoms with Gasteiger partial charge >= 0.3 is 0 Å². The zero-order valence-corrected chi connectivity index (χ0v) is 11.8. The summed E-state index contributed by atoms with van der Waals surface area (Å²) in [6, 6.07) is 0. The lowest BCUT2D eigenvalue weighted by Gasteiger charge is -2.06. The molecule has 0 aromatic carbocycles. The fraction of sp³-hybridized carbons (Fsp3) is 0.333. The largest absolute Gasteiger partial charge is 0.381 e. The molecule has 2 heterocycles. The van der Waals surface area contributed by atoms with Gasteiger partial charge in [-0.3, -0.25) is 4.72 Å². The number of thiazole rings is 1. The van der Waals surface area contributed by atoms with Crippen LogP contribution < -0.4 is 10.5 Å². The lowest BCUT2D eigenvalue weighted by molar-refractivity contribution is 0.592. The molecule has 18 heavy (non-hydrogen) atoms. The van der Waals surface area contributed by atoms with E-state index >= 15 is 0 Å². The highest BCUT2D eigenvalue weighted by atomic mass is 32.2. The number of nitrogen functional groups attached to an aromatic ring is 1. The Kier molecular flexibility index (Phi) is 3.03. The lowest BCUT2D eigenvalue weighted by atomic mass is 10.4. The first-order chi connectivity index (χ1) is 8.31. The normalized spacial score (nSPS) is 11.7. The molecule has 9 heteroatoms. The molecule has 0 saturated heterocycles. The number of nitrogens with zero attached hydrogens (tertiary/aromatic N) is 3. The van der Waals surface area contributed by atoms with Gasteiger partial charge < -0.3 is 10.3 Å². The molecule has 2 aromatic heterocycles. The van der Waals surface area contributed by atoms with Crippen molar-refractivity contribution in [3.8, 4) is 0 Å². The van der Waals surface area contributed by atoms with Crippen LogP contribution in [0.25, 0.3) is 0 Å². The average molecular weight is 287 g/mol. The molecule has 0 saturated carbocycles. The van der Waals surface area contributed by atoms with Gasteiger partial charge in [0, 0.05) is 11.9 Å². The SMILES string of the molecule is Cc1nc(NS(=O)(=O)c2c(N)ncn2C)sc1C. The van der Waals surface area contributed by atoms with Crippen LogP contribution in [0.5, 0.6) is 0 Å².